The van der Waals surface area contributed by atoms with Gasteiger partial charge in [-0.05, 0) is 56.3 Å². The van der Waals surface area contributed by atoms with Crippen molar-refractivity contribution >= 4 is 17.5 Å². The Morgan fingerprint density at radius 2 is 1.97 bits per heavy atom. The number of piperidine rings is 1. The number of likely N-dealkylation sites (tertiary alicyclic amines) is 1. The van der Waals surface area contributed by atoms with Crippen molar-refractivity contribution in [2.75, 3.05) is 49.6 Å². The number of carbonyl (C=O) groups excluding carboxylic acids is 1. The quantitative estimate of drug-likeness (QED) is 0.670. The van der Waals surface area contributed by atoms with Crippen molar-refractivity contribution in [3.8, 4) is 0 Å². The van der Waals surface area contributed by atoms with Crippen molar-refractivity contribution in [2.45, 2.75) is 46.1 Å². The molecule has 1 aromatic heterocycles. The van der Waals surface area contributed by atoms with Crippen LogP contribution in [0.3, 0.4) is 0 Å². The minimum absolute atomic E-state index is 0.108. The number of morpholine rings is 1. The maximum absolute atomic E-state index is 12.6. The van der Waals surface area contributed by atoms with Crippen LogP contribution in [-0.4, -0.2) is 60.2 Å². The van der Waals surface area contributed by atoms with E-state index in [0.29, 0.717) is 49.9 Å². The molecular formula is C25H35N5O3. The molecule has 0 bridgehead atoms. The molecule has 33 heavy (non-hydrogen) atoms. The maximum Gasteiger partial charge on any atom is 0.255 e. The highest BCUT2D eigenvalue weighted by molar-refractivity contribution is 5.90. The molecule has 3 heterocycles. The van der Waals surface area contributed by atoms with Crippen LogP contribution in [0.4, 0.5) is 11.6 Å². The number of nitrogens with zero attached hydrogens (tertiary/aromatic N) is 3. The number of aromatic nitrogens is 2. The highest BCUT2D eigenvalue weighted by Gasteiger charge is 2.18. The molecule has 2 aliphatic rings. The number of anilines is 2. The van der Waals surface area contributed by atoms with Gasteiger partial charge in [-0.15, -0.1) is 0 Å². The van der Waals surface area contributed by atoms with Crippen LogP contribution in [0.1, 0.15) is 43.0 Å². The lowest BCUT2D eigenvalue weighted by Gasteiger charge is -2.30. The average Bonchev–Trinajstić information content (AvgIpc) is 2.80. The fourth-order valence-electron chi connectivity index (χ4n) is 4.66. The summed E-state index contributed by atoms with van der Waals surface area (Å²) in [6.07, 6.45) is 3.18. The molecule has 8 nitrogen and oxygen atoms in total. The fraction of sp³-hybridized carbons (Fsp3) is 0.560. The molecule has 2 aromatic rings. The summed E-state index contributed by atoms with van der Waals surface area (Å²) >= 11 is 0. The zero-order valence-corrected chi connectivity index (χ0v) is 19.7. The second-order valence-electron chi connectivity index (χ2n) is 9.28. The highest BCUT2D eigenvalue weighted by atomic mass is 16.5. The van der Waals surface area contributed by atoms with E-state index in [9.17, 15) is 9.59 Å². The van der Waals surface area contributed by atoms with Gasteiger partial charge < -0.3 is 15.0 Å². The second-order valence-corrected chi connectivity index (χ2v) is 9.28. The third-order valence-electron chi connectivity index (χ3n) is 6.51. The highest BCUT2D eigenvalue weighted by Crippen LogP contribution is 2.19. The van der Waals surface area contributed by atoms with Gasteiger partial charge in [-0.25, -0.2) is 4.98 Å². The van der Waals surface area contributed by atoms with Crippen molar-refractivity contribution in [3.05, 3.63) is 51.4 Å². The fourth-order valence-corrected chi connectivity index (χ4v) is 4.66. The molecule has 0 radical (unpaired) electrons. The van der Waals surface area contributed by atoms with Crippen molar-refractivity contribution < 1.29 is 9.53 Å². The number of rotatable bonds is 7. The Morgan fingerprint density at radius 3 is 2.67 bits per heavy atom. The van der Waals surface area contributed by atoms with E-state index in [0.717, 1.165) is 31.2 Å². The van der Waals surface area contributed by atoms with Crippen LogP contribution in [0.5, 0.6) is 0 Å². The van der Waals surface area contributed by atoms with Gasteiger partial charge in [0.25, 0.3) is 5.56 Å². The van der Waals surface area contributed by atoms with E-state index in [1.807, 2.05) is 24.0 Å². The molecule has 1 aromatic carbocycles. The monoisotopic (exact) mass is 453 g/mol. The molecule has 2 fully saturated rings. The van der Waals surface area contributed by atoms with Gasteiger partial charge in [0.2, 0.25) is 11.9 Å². The number of aromatic amines is 1. The van der Waals surface area contributed by atoms with Crippen LogP contribution < -0.4 is 15.8 Å². The van der Waals surface area contributed by atoms with Crippen LogP contribution in [0, 0.1) is 12.8 Å². The predicted octanol–water partition coefficient (Wildman–Crippen LogP) is 2.72. The van der Waals surface area contributed by atoms with Crippen LogP contribution in [0.15, 0.2) is 29.1 Å². The maximum atomic E-state index is 12.6. The number of hydrogen-bond acceptors (Lipinski definition) is 6. The van der Waals surface area contributed by atoms with Crippen LogP contribution in [-0.2, 0) is 22.5 Å². The Bertz CT molecular complexity index is 998. The molecule has 1 amide bonds. The second kappa shape index (κ2) is 10.9. The summed E-state index contributed by atoms with van der Waals surface area (Å²) in [5, 5.41) is 2.94. The van der Waals surface area contributed by atoms with Gasteiger partial charge in [-0.3, -0.25) is 19.5 Å². The molecule has 0 saturated carbocycles. The lowest BCUT2D eigenvalue weighted by molar-refractivity contribution is -0.116. The van der Waals surface area contributed by atoms with E-state index in [2.05, 4.69) is 39.2 Å². The summed E-state index contributed by atoms with van der Waals surface area (Å²) in [6.45, 7) is 10.1. The van der Waals surface area contributed by atoms with Crippen LogP contribution in [0.25, 0.3) is 0 Å². The third kappa shape index (κ3) is 6.42. The van der Waals surface area contributed by atoms with Crippen LogP contribution in [0.2, 0.25) is 0 Å². The Kier molecular flexibility index (Phi) is 7.77. The van der Waals surface area contributed by atoms with Crippen molar-refractivity contribution in [2.24, 2.45) is 5.92 Å². The molecule has 8 heteroatoms. The van der Waals surface area contributed by atoms with Crippen molar-refractivity contribution in [1.82, 2.24) is 14.9 Å². The predicted molar refractivity (Wildman–Crippen MR) is 130 cm³/mol. The number of nitrogens with one attached hydrogen (secondary N) is 2. The lowest BCUT2D eigenvalue weighted by Crippen LogP contribution is -2.38. The zero-order valence-electron chi connectivity index (χ0n) is 19.7. The first-order valence-corrected chi connectivity index (χ1v) is 12.0. The van der Waals surface area contributed by atoms with E-state index < -0.39 is 0 Å². The van der Waals surface area contributed by atoms with Gasteiger partial charge in [-0.1, -0.05) is 19.1 Å². The van der Waals surface area contributed by atoms with Gasteiger partial charge in [0.05, 0.1) is 13.2 Å². The standard InChI is InChI=1S/C25H35N5O3/c1-18-4-3-11-29(16-18)17-20-5-7-21(8-6-20)27-23(31)10-9-22-19(2)26-25(28-24(22)32)30-12-14-33-15-13-30/h5-8,18H,3-4,9-17H2,1-2H3,(H,27,31)(H,26,28,32). The Hall–Kier alpha value is -2.71. The van der Waals surface area contributed by atoms with Gasteiger partial charge in [-0.2, -0.15) is 0 Å². The first kappa shape index (κ1) is 23.4. The molecule has 2 aliphatic heterocycles. The number of ether oxygens (including phenoxy) is 1. The topological polar surface area (TPSA) is 90.6 Å². The first-order chi connectivity index (χ1) is 16.0. The number of benzene rings is 1. The number of amides is 1. The largest absolute Gasteiger partial charge is 0.378 e. The van der Waals surface area contributed by atoms with E-state index in [1.165, 1.54) is 18.4 Å². The minimum Gasteiger partial charge on any atom is -0.378 e. The molecule has 178 valence electrons. The Balaban J connectivity index is 1.29. The molecule has 0 spiro atoms. The summed E-state index contributed by atoms with van der Waals surface area (Å²) in [5.41, 5.74) is 3.10. The van der Waals surface area contributed by atoms with Gasteiger partial charge in [0.15, 0.2) is 0 Å². The number of aryl methyl sites for hydroxylation is 1. The van der Waals surface area contributed by atoms with E-state index in [4.69, 9.17) is 4.74 Å². The summed E-state index contributed by atoms with van der Waals surface area (Å²) in [7, 11) is 0. The summed E-state index contributed by atoms with van der Waals surface area (Å²) < 4.78 is 5.36. The zero-order chi connectivity index (χ0) is 23.2. The first-order valence-electron chi connectivity index (χ1n) is 12.0. The van der Waals surface area contributed by atoms with Gasteiger partial charge >= 0.3 is 0 Å². The summed E-state index contributed by atoms with van der Waals surface area (Å²) in [6, 6.07) is 8.07. The molecule has 1 atom stereocenters. The Labute approximate surface area is 195 Å². The van der Waals surface area contributed by atoms with Gasteiger partial charge in [0, 0.05) is 49.5 Å². The van der Waals surface area contributed by atoms with E-state index >= 15 is 0 Å². The molecule has 0 aliphatic carbocycles. The van der Waals surface area contributed by atoms with Gasteiger partial charge in [0.1, 0.15) is 0 Å². The van der Waals surface area contributed by atoms with E-state index in [-0.39, 0.29) is 17.9 Å². The SMILES string of the molecule is Cc1nc(N2CCOCC2)[nH]c(=O)c1CCC(=O)Nc1ccc(CN2CCCC(C)C2)cc1. The number of carbonyl (C=O) groups is 1. The molecule has 2 saturated heterocycles. The normalized spacial score (nSPS) is 19.5. The lowest BCUT2D eigenvalue weighted by atomic mass is 10.00. The third-order valence-corrected chi connectivity index (χ3v) is 6.51. The number of H-pyrrole nitrogens is 1. The average molecular weight is 454 g/mol. The molecule has 4 rings (SSSR count). The van der Waals surface area contributed by atoms with E-state index in [1.54, 1.807) is 0 Å². The van der Waals surface area contributed by atoms with Crippen LogP contribution >= 0.6 is 0 Å². The molecule has 2 N–H and O–H groups in total. The Morgan fingerprint density at radius 1 is 1.21 bits per heavy atom. The summed E-state index contributed by atoms with van der Waals surface area (Å²) in [5.74, 6) is 1.23. The molecular weight excluding hydrogens is 418 g/mol. The smallest absolute Gasteiger partial charge is 0.255 e. The summed E-state index contributed by atoms with van der Waals surface area (Å²) in [4.78, 5) is 37.0. The van der Waals surface area contributed by atoms with Crippen molar-refractivity contribution in [3.63, 3.8) is 0 Å². The number of hydrogen-bond donors (Lipinski definition) is 2. The van der Waals surface area contributed by atoms with Crippen molar-refractivity contribution in [1.29, 1.82) is 0 Å². The minimum atomic E-state index is -0.173. The molecule has 1 unspecified atom stereocenters.